The number of rotatable bonds is 2. The van der Waals surface area contributed by atoms with Gasteiger partial charge in [0.05, 0.1) is 21.0 Å². The van der Waals surface area contributed by atoms with Gasteiger partial charge in [-0.15, -0.1) is 0 Å². The van der Waals surface area contributed by atoms with E-state index in [0.717, 1.165) is 3.57 Å². The summed E-state index contributed by atoms with van der Waals surface area (Å²) in [6, 6.07) is 4.94. The average Bonchev–Trinajstić information content (AvgIpc) is 2.64. The van der Waals surface area contributed by atoms with E-state index in [1.165, 1.54) is 6.07 Å². The van der Waals surface area contributed by atoms with Crippen LogP contribution in [0.2, 0.25) is 5.02 Å². The molecule has 2 aromatic rings. The first-order valence-corrected chi connectivity index (χ1v) is 5.83. The number of aromatic nitrogens is 2. The smallest absolute Gasteiger partial charge is 0.250 e. The first-order valence-electron chi connectivity index (χ1n) is 4.38. The van der Waals surface area contributed by atoms with Crippen molar-refractivity contribution in [1.82, 2.24) is 9.78 Å². The fourth-order valence-corrected chi connectivity index (χ4v) is 1.90. The van der Waals surface area contributed by atoms with Crippen molar-refractivity contribution in [2.75, 3.05) is 0 Å². The minimum absolute atomic E-state index is 0.354. The zero-order chi connectivity index (χ0) is 11.7. The molecule has 0 bridgehead atoms. The highest BCUT2D eigenvalue weighted by Gasteiger charge is 2.11. The van der Waals surface area contributed by atoms with Gasteiger partial charge in [0.2, 0.25) is 0 Å². The standard InChI is InChI=1S/C10H7ClIN3O/c11-6-1-2-9(8(3-6)10(13)16)15-5-7(12)4-14-15/h1-5H,(H2,13,16). The highest BCUT2D eigenvalue weighted by molar-refractivity contribution is 14.1. The molecule has 0 aliphatic carbocycles. The molecule has 82 valence electrons. The number of primary amides is 1. The van der Waals surface area contributed by atoms with Gasteiger partial charge in [-0.1, -0.05) is 11.6 Å². The summed E-state index contributed by atoms with van der Waals surface area (Å²) >= 11 is 7.95. The molecule has 4 nitrogen and oxygen atoms in total. The fourth-order valence-electron chi connectivity index (χ4n) is 1.34. The summed E-state index contributed by atoms with van der Waals surface area (Å²) in [6.45, 7) is 0. The van der Waals surface area contributed by atoms with Crippen LogP contribution in [0.25, 0.3) is 5.69 Å². The monoisotopic (exact) mass is 347 g/mol. The SMILES string of the molecule is NC(=O)c1cc(Cl)ccc1-n1cc(I)cn1. The van der Waals surface area contributed by atoms with Crippen LogP contribution >= 0.6 is 34.2 Å². The molecule has 16 heavy (non-hydrogen) atoms. The Morgan fingerprint density at radius 1 is 1.50 bits per heavy atom. The van der Waals surface area contributed by atoms with Crippen LogP contribution in [0.4, 0.5) is 0 Å². The molecule has 0 fully saturated rings. The Kier molecular flexibility index (Phi) is 3.15. The van der Waals surface area contributed by atoms with Crippen LogP contribution in [0.3, 0.4) is 0 Å². The van der Waals surface area contributed by atoms with Gasteiger partial charge in [0.1, 0.15) is 0 Å². The van der Waals surface area contributed by atoms with Crippen molar-refractivity contribution < 1.29 is 4.79 Å². The van der Waals surface area contributed by atoms with Crippen molar-refractivity contribution >= 4 is 40.1 Å². The molecule has 0 radical (unpaired) electrons. The van der Waals surface area contributed by atoms with Crippen molar-refractivity contribution in [1.29, 1.82) is 0 Å². The normalized spacial score (nSPS) is 10.4. The Bertz CT molecular complexity index is 553. The summed E-state index contributed by atoms with van der Waals surface area (Å²) in [5.74, 6) is -0.525. The Morgan fingerprint density at radius 3 is 2.81 bits per heavy atom. The van der Waals surface area contributed by atoms with Crippen LogP contribution < -0.4 is 5.73 Å². The number of benzene rings is 1. The van der Waals surface area contributed by atoms with Gasteiger partial charge in [0.15, 0.2) is 0 Å². The molecule has 0 aliphatic heterocycles. The van der Waals surface area contributed by atoms with E-state index in [4.69, 9.17) is 17.3 Å². The van der Waals surface area contributed by atoms with Gasteiger partial charge in [-0.3, -0.25) is 4.79 Å². The third kappa shape index (κ3) is 2.19. The summed E-state index contributed by atoms with van der Waals surface area (Å²) in [6.07, 6.45) is 3.50. The quantitative estimate of drug-likeness (QED) is 0.847. The molecule has 6 heteroatoms. The zero-order valence-corrected chi connectivity index (χ0v) is 10.9. The van der Waals surface area contributed by atoms with E-state index in [1.54, 1.807) is 29.2 Å². The molecular formula is C10H7ClIN3O. The van der Waals surface area contributed by atoms with Gasteiger partial charge >= 0.3 is 0 Å². The third-order valence-corrected chi connectivity index (χ3v) is 2.81. The Labute approximate surface area is 111 Å². The molecule has 1 amide bonds. The lowest BCUT2D eigenvalue weighted by molar-refractivity contribution is 0.1000. The van der Waals surface area contributed by atoms with E-state index in [9.17, 15) is 4.79 Å². The Balaban J connectivity index is 2.60. The molecule has 2 N–H and O–H groups in total. The van der Waals surface area contributed by atoms with Gasteiger partial charge in [-0.2, -0.15) is 5.10 Å². The number of hydrogen-bond acceptors (Lipinski definition) is 2. The number of carbonyl (C=O) groups excluding carboxylic acids is 1. The molecule has 0 saturated heterocycles. The van der Waals surface area contributed by atoms with Crippen LogP contribution in [0.5, 0.6) is 0 Å². The molecule has 1 aromatic heterocycles. The topological polar surface area (TPSA) is 60.9 Å². The number of nitrogens with two attached hydrogens (primary N) is 1. The number of hydrogen-bond donors (Lipinski definition) is 1. The minimum atomic E-state index is -0.525. The number of nitrogens with zero attached hydrogens (tertiary/aromatic N) is 2. The minimum Gasteiger partial charge on any atom is -0.366 e. The lowest BCUT2D eigenvalue weighted by Crippen LogP contribution is -2.14. The van der Waals surface area contributed by atoms with Crippen LogP contribution in [-0.2, 0) is 0 Å². The number of carbonyl (C=O) groups is 1. The van der Waals surface area contributed by atoms with Crippen molar-refractivity contribution in [2.45, 2.75) is 0 Å². The second-order valence-corrected chi connectivity index (χ2v) is 4.81. The van der Waals surface area contributed by atoms with Crippen molar-refractivity contribution in [3.63, 3.8) is 0 Å². The lowest BCUT2D eigenvalue weighted by Gasteiger charge is -2.06. The number of halogens is 2. The molecule has 0 unspecified atom stereocenters. The van der Waals surface area contributed by atoms with Gasteiger partial charge in [-0.25, -0.2) is 4.68 Å². The van der Waals surface area contributed by atoms with E-state index in [0.29, 0.717) is 16.3 Å². The molecular weight excluding hydrogens is 340 g/mol. The molecule has 0 spiro atoms. The van der Waals surface area contributed by atoms with Gasteiger partial charge in [0.25, 0.3) is 5.91 Å². The maximum absolute atomic E-state index is 11.3. The maximum Gasteiger partial charge on any atom is 0.250 e. The van der Waals surface area contributed by atoms with Crippen molar-refractivity contribution in [3.8, 4) is 5.69 Å². The zero-order valence-electron chi connectivity index (χ0n) is 8.02. The summed E-state index contributed by atoms with van der Waals surface area (Å²) in [7, 11) is 0. The fraction of sp³-hybridized carbons (Fsp3) is 0. The summed E-state index contributed by atoms with van der Waals surface area (Å²) < 4.78 is 2.57. The third-order valence-electron chi connectivity index (χ3n) is 2.02. The highest BCUT2D eigenvalue weighted by atomic mass is 127. The first kappa shape index (κ1) is 11.4. The average molecular weight is 348 g/mol. The number of amides is 1. The van der Waals surface area contributed by atoms with Gasteiger partial charge in [-0.05, 0) is 40.8 Å². The maximum atomic E-state index is 11.3. The largest absolute Gasteiger partial charge is 0.366 e. The van der Waals surface area contributed by atoms with E-state index in [2.05, 4.69) is 27.7 Å². The summed E-state index contributed by atoms with van der Waals surface area (Å²) in [5, 5.41) is 4.59. The van der Waals surface area contributed by atoms with Crippen molar-refractivity contribution in [2.24, 2.45) is 5.73 Å². The second-order valence-electron chi connectivity index (χ2n) is 3.13. The Hall–Kier alpha value is -1.08. The van der Waals surface area contributed by atoms with Crippen molar-refractivity contribution in [3.05, 3.63) is 44.7 Å². The van der Waals surface area contributed by atoms with E-state index < -0.39 is 5.91 Å². The lowest BCUT2D eigenvalue weighted by atomic mass is 10.1. The van der Waals surface area contributed by atoms with Gasteiger partial charge < -0.3 is 5.73 Å². The predicted molar refractivity (Wildman–Crippen MR) is 69.8 cm³/mol. The van der Waals surface area contributed by atoms with E-state index >= 15 is 0 Å². The van der Waals surface area contributed by atoms with E-state index in [1.807, 2.05) is 0 Å². The molecule has 2 rings (SSSR count). The molecule has 1 heterocycles. The Morgan fingerprint density at radius 2 is 2.25 bits per heavy atom. The highest BCUT2D eigenvalue weighted by Crippen LogP contribution is 2.19. The van der Waals surface area contributed by atoms with Crippen LogP contribution in [0.15, 0.2) is 30.6 Å². The molecule has 0 saturated carbocycles. The van der Waals surface area contributed by atoms with Gasteiger partial charge in [0, 0.05) is 11.2 Å². The predicted octanol–water partition coefficient (Wildman–Crippen LogP) is 2.23. The second kappa shape index (κ2) is 4.42. The molecule has 0 atom stereocenters. The van der Waals surface area contributed by atoms with Crippen LogP contribution in [0.1, 0.15) is 10.4 Å². The summed E-state index contributed by atoms with van der Waals surface area (Å²) in [5.41, 5.74) is 6.27. The van der Waals surface area contributed by atoms with Crippen LogP contribution in [-0.4, -0.2) is 15.7 Å². The van der Waals surface area contributed by atoms with Crippen LogP contribution in [0, 0.1) is 3.57 Å². The molecule has 1 aromatic carbocycles. The first-order chi connectivity index (χ1) is 7.58. The summed E-state index contributed by atoms with van der Waals surface area (Å²) in [4.78, 5) is 11.3. The molecule has 0 aliphatic rings. The van der Waals surface area contributed by atoms with E-state index in [-0.39, 0.29) is 0 Å².